The molecule has 1 amide bonds. The topological polar surface area (TPSA) is 55.8 Å². The van der Waals surface area contributed by atoms with Crippen molar-refractivity contribution in [1.29, 1.82) is 0 Å². The van der Waals surface area contributed by atoms with Gasteiger partial charge in [0.2, 0.25) is 6.41 Å². The molecule has 1 unspecified atom stereocenters. The summed E-state index contributed by atoms with van der Waals surface area (Å²) in [7, 11) is 1.82. The molecular formula is C18H19NO4S. The molecule has 2 aromatic carbocycles. The molecule has 6 heteroatoms. The second-order valence-corrected chi connectivity index (χ2v) is 6.20. The molecular weight excluding hydrogens is 326 g/mol. The fourth-order valence-electron chi connectivity index (χ4n) is 2.08. The zero-order valence-corrected chi connectivity index (χ0v) is 14.4. The van der Waals surface area contributed by atoms with Gasteiger partial charge in [-0.05, 0) is 29.8 Å². The molecule has 1 atom stereocenters. The molecule has 2 aromatic rings. The molecule has 0 aliphatic rings. The van der Waals surface area contributed by atoms with Crippen molar-refractivity contribution in [2.45, 2.75) is 11.4 Å². The van der Waals surface area contributed by atoms with Gasteiger partial charge in [0.25, 0.3) is 0 Å². The predicted octanol–water partition coefficient (Wildman–Crippen LogP) is 2.94. The van der Waals surface area contributed by atoms with Crippen LogP contribution in [0.1, 0.15) is 5.56 Å². The zero-order valence-electron chi connectivity index (χ0n) is 13.5. The maximum Gasteiger partial charge on any atom is 0.213 e. The van der Waals surface area contributed by atoms with Crippen molar-refractivity contribution < 1.29 is 18.5 Å². The van der Waals surface area contributed by atoms with E-state index in [1.165, 1.54) is 16.5 Å². The maximum absolute atomic E-state index is 12.1. The Balaban J connectivity index is 2.08. The summed E-state index contributed by atoms with van der Waals surface area (Å²) in [6.45, 7) is 0.340. The van der Waals surface area contributed by atoms with Crippen molar-refractivity contribution in [1.82, 2.24) is 4.90 Å². The molecule has 0 bridgehead atoms. The zero-order chi connectivity index (χ0) is 17.4. The van der Waals surface area contributed by atoms with E-state index in [1.807, 2.05) is 24.3 Å². The summed E-state index contributed by atoms with van der Waals surface area (Å²) in [4.78, 5) is 13.4. The van der Waals surface area contributed by atoms with E-state index in [0.717, 1.165) is 5.56 Å². The van der Waals surface area contributed by atoms with E-state index in [9.17, 15) is 9.00 Å². The molecule has 24 heavy (non-hydrogen) atoms. The Kier molecular flexibility index (Phi) is 6.57. The van der Waals surface area contributed by atoms with Crippen LogP contribution in [0, 0.1) is 0 Å². The third-order valence-electron chi connectivity index (χ3n) is 3.30. The van der Waals surface area contributed by atoms with E-state index in [0.29, 0.717) is 29.3 Å². The van der Waals surface area contributed by atoms with Gasteiger partial charge in [0, 0.05) is 16.5 Å². The number of rotatable bonds is 8. The van der Waals surface area contributed by atoms with Gasteiger partial charge in [-0.3, -0.25) is 4.79 Å². The summed E-state index contributed by atoms with van der Waals surface area (Å²) >= 11 is 0. The number of carbonyl (C=O) groups excluding carboxylic acids is 1. The lowest BCUT2D eigenvalue weighted by atomic mass is 10.2. The summed E-state index contributed by atoms with van der Waals surface area (Å²) in [5, 5.41) is 1.49. The maximum atomic E-state index is 12.1. The highest BCUT2D eigenvalue weighted by Crippen LogP contribution is 2.27. The van der Waals surface area contributed by atoms with Crippen molar-refractivity contribution in [2.24, 2.45) is 0 Å². The number of hydrogen-bond donors (Lipinski definition) is 0. The van der Waals surface area contributed by atoms with E-state index >= 15 is 0 Å². The molecule has 0 heterocycles. The molecule has 126 valence electrons. The van der Waals surface area contributed by atoms with Crippen molar-refractivity contribution in [3.8, 4) is 11.5 Å². The van der Waals surface area contributed by atoms with E-state index in [2.05, 4.69) is 0 Å². The van der Waals surface area contributed by atoms with Crippen molar-refractivity contribution in [3.63, 3.8) is 0 Å². The van der Waals surface area contributed by atoms with Crippen LogP contribution in [0.3, 0.4) is 0 Å². The second kappa shape index (κ2) is 8.88. The largest absolute Gasteiger partial charge is 0.493 e. The molecule has 0 aromatic heterocycles. The molecule has 0 radical (unpaired) electrons. The number of ether oxygens (including phenoxy) is 2. The lowest BCUT2D eigenvalue weighted by molar-refractivity contribution is -0.116. The fraction of sp³-hybridized carbons (Fsp3) is 0.167. The van der Waals surface area contributed by atoms with Crippen molar-refractivity contribution >= 4 is 17.2 Å². The van der Waals surface area contributed by atoms with Crippen LogP contribution >= 0.6 is 0 Å². The summed E-state index contributed by atoms with van der Waals surface area (Å²) in [5.41, 5.74) is 0.870. The number of benzene rings is 2. The first-order valence-electron chi connectivity index (χ1n) is 7.24. The van der Waals surface area contributed by atoms with Crippen LogP contribution in [-0.4, -0.2) is 29.7 Å². The summed E-state index contributed by atoms with van der Waals surface area (Å²) in [5.74, 6) is 1.22. The molecule has 0 spiro atoms. The van der Waals surface area contributed by atoms with Gasteiger partial charge in [-0.1, -0.05) is 24.3 Å². The van der Waals surface area contributed by atoms with E-state index in [4.69, 9.17) is 9.47 Å². The minimum absolute atomic E-state index is 0.340. The van der Waals surface area contributed by atoms with Crippen molar-refractivity contribution in [2.75, 3.05) is 14.2 Å². The Hall–Kier alpha value is -2.60. The van der Waals surface area contributed by atoms with Gasteiger partial charge in [-0.15, -0.1) is 0 Å². The first-order valence-corrected chi connectivity index (χ1v) is 8.45. The van der Waals surface area contributed by atoms with Gasteiger partial charge in [0.1, 0.15) is 0 Å². The molecule has 0 aliphatic carbocycles. The van der Waals surface area contributed by atoms with Crippen LogP contribution < -0.4 is 9.47 Å². The Morgan fingerprint density at radius 2 is 1.75 bits per heavy atom. The normalized spacial score (nSPS) is 11.9. The molecule has 0 saturated heterocycles. The summed E-state index contributed by atoms with van der Waals surface area (Å²) in [6, 6.07) is 14.5. The Labute approximate surface area is 144 Å². The number of carbonyl (C=O) groups is 1. The number of methoxy groups -OCH3 is 2. The van der Waals surface area contributed by atoms with Gasteiger partial charge < -0.3 is 14.4 Å². The van der Waals surface area contributed by atoms with Crippen LogP contribution in [0.15, 0.2) is 65.0 Å². The first kappa shape index (κ1) is 17.7. The monoisotopic (exact) mass is 345 g/mol. The second-order valence-electron chi connectivity index (χ2n) is 4.86. The lowest BCUT2D eigenvalue weighted by Crippen LogP contribution is -2.14. The molecule has 0 aliphatic heterocycles. The Morgan fingerprint density at radius 1 is 1.04 bits per heavy atom. The molecule has 5 nitrogen and oxygen atoms in total. The van der Waals surface area contributed by atoms with Gasteiger partial charge in [0.05, 0.1) is 31.6 Å². The van der Waals surface area contributed by atoms with Crippen LogP contribution in [0.2, 0.25) is 0 Å². The highest BCUT2D eigenvalue weighted by molar-refractivity contribution is 7.88. The first-order chi connectivity index (χ1) is 11.7. The molecule has 0 N–H and O–H groups in total. The fourth-order valence-corrected chi connectivity index (χ4v) is 2.93. The highest BCUT2D eigenvalue weighted by atomic mass is 32.2. The SMILES string of the molecule is COc1ccc(CN(C=O)/C=C/S(=O)c2ccccc2)cc1OC. The Bertz CT molecular complexity index is 731. The molecule has 0 fully saturated rings. The number of hydrogen-bond acceptors (Lipinski definition) is 4. The summed E-state index contributed by atoms with van der Waals surface area (Å²) < 4.78 is 22.6. The standard InChI is InChI=1S/C18H19NO4S/c1-22-17-9-8-15(12-18(17)23-2)13-19(14-20)10-11-24(21)16-6-4-3-5-7-16/h3-12,14H,13H2,1-2H3/b11-10+. The van der Waals surface area contributed by atoms with E-state index in [1.54, 1.807) is 38.5 Å². The van der Waals surface area contributed by atoms with Gasteiger partial charge in [0.15, 0.2) is 11.5 Å². The van der Waals surface area contributed by atoms with Crippen LogP contribution in [-0.2, 0) is 22.1 Å². The lowest BCUT2D eigenvalue weighted by Gasteiger charge is -2.14. The van der Waals surface area contributed by atoms with Gasteiger partial charge >= 0.3 is 0 Å². The highest BCUT2D eigenvalue weighted by Gasteiger charge is 2.07. The third-order valence-corrected chi connectivity index (χ3v) is 4.41. The third kappa shape index (κ3) is 4.70. The van der Waals surface area contributed by atoms with Crippen LogP contribution in [0.4, 0.5) is 0 Å². The quantitative estimate of drug-likeness (QED) is 0.690. The van der Waals surface area contributed by atoms with Crippen LogP contribution in [0.5, 0.6) is 11.5 Å². The molecule has 0 saturated carbocycles. The average Bonchev–Trinajstić information content (AvgIpc) is 2.65. The predicted molar refractivity (Wildman–Crippen MR) is 93.1 cm³/mol. The van der Waals surface area contributed by atoms with Gasteiger partial charge in [-0.25, -0.2) is 4.21 Å². The minimum Gasteiger partial charge on any atom is -0.493 e. The average molecular weight is 345 g/mol. The smallest absolute Gasteiger partial charge is 0.213 e. The van der Waals surface area contributed by atoms with E-state index < -0.39 is 10.8 Å². The Morgan fingerprint density at radius 3 is 2.38 bits per heavy atom. The molecule has 2 rings (SSSR count). The number of amides is 1. The summed E-state index contributed by atoms with van der Waals surface area (Å²) in [6.07, 6.45) is 2.21. The van der Waals surface area contributed by atoms with Gasteiger partial charge in [-0.2, -0.15) is 0 Å². The minimum atomic E-state index is -1.30. The van der Waals surface area contributed by atoms with Crippen molar-refractivity contribution in [3.05, 3.63) is 65.7 Å². The van der Waals surface area contributed by atoms with E-state index in [-0.39, 0.29) is 0 Å². The number of nitrogens with zero attached hydrogens (tertiary/aromatic N) is 1. The van der Waals surface area contributed by atoms with Crippen LogP contribution in [0.25, 0.3) is 0 Å².